The summed E-state index contributed by atoms with van der Waals surface area (Å²) >= 11 is 3.37. The third-order valence-corrected chi connectivity index (χ3v) is 3.70. The van der Waals surface area contributed by atoms with E-state index in [1.165, 1.54) is 18.4 Å². The van der Waals surface area contributed by atoms with Crippen molar-refractivity contribution in [1.29, 1.82) is 0 Å². The predicted octanol–water partition coefficient (Wildman–Crippen LogP) is 4.33. The SMILES string of the molecule is Fc1cc(Br)cc2c1CCC=C2C1CC1. The van der Waals surface area contributed by atoms with E-state index in [2.05, 4.69) is 28.1 Å². The number of hydrogen-bond acceptors (Lipinski definition) is 0. The zero-order chi connectivity index (χ0) is 10.4. The van der Waals surface area contributed by atoms with Crippen molar-refractivity contribution < 1.29 is 4.39 Å². The molecule has 0 N–H and O–H groups in total. The molecule has 0 spiro atoms. The minimum Gasteiger partial charge on any atom is -0.207 e. The van der Waals surface area contributed by atoms with Gasteiger partial charge in [0.15, 0.2) is 0 Å². The van der Waals surface area contributed by atoms with Crippen LogP contribution in [-0.2, 0) is 6.42 Å². The van der Waals surface area contributed by atoms with Crippen LogP contribution in [-0.4, -0.2) is 0 Å². The van der Waals surface area contributed by atoms with Gasteiger partial charge in [0.05, 0.1) is 0 Å². The fraction of sp³-hybridized carbons (Fsp3) is 0.385. The Hall–Kier alpha value is -0.630. The van der Waals surface area contributed by atoms with Crippen molar-refractivity contribution in [2.24, 2.45) is 5.92 Å². The number of hydrogen-bond donors (Lipinski definition) is 0. The highest BCUT2D eigenvalue weighted by Gasteiger charge is 2.30. The summed E-state index contributed by atoms with van der Waals surface area (Å²) in [6.07, 6.45) is 6.70. The fourth-order valence-electron chi connectivity index (χ4n) is 2.38. The highest BCUT2D eigenvalue weighted by Crippen LogP contribution is 2.45. The summed E-state index contributed by atoms with van der Waals surface area (Å²) in [5, 5.41) is 0. The van der Waals surface area contributed by atoms with Crippen LogP contribution >= 0.6 is 15.9 Å². The molecule has 1 fully saturated rings. The lowest BCUT2D eigenvalue weighted by Gasteiger charge is -2.18. The number of benzene rings is 1. The average molecular weight is 267 g/mol. The minimum absolute atomic E-state index is 0.0503. The quantitative estimate of drug-likeness (QED) is 0.710. The van der Waals surface area contributed by atoms with Gasteiger partial charge in [0.2, 0.25) is 0 Å². The highest BCUT2D eigenvalue weighted by atomic mass is 79.9. The molecular weight excluding hydrogens is 255 g/mol. The molecular formula is C13H12BrF. The van der Waals surface area contributed by atoms with Crippen molar-refractivity contribution in [1.82, 2.24) is 0 Å². The molecule has 1 saturated carbocycles. The molecule has 0 heterocycles. The Morgan fingerprint density at radius 3 is 2.80 bits per heavy atom. The molecule has 0 atom stereocenters. The van der Waals surface area contributed by atoms with Crippen molar-refractivity contribution in [3.8, 4) is 0 Å². The molecule has 0 amide bonds. The monoisotopic (exact) mass is 266 g/mol. The number of allylic oxidation sites excluding steroid dienone is 2. The molecule has 0 nitrogen and oxygen atoms in total. The Balaban J connectivity index is 2.15. The Morgan fingerprint density at radius 2 is 2.07 bits per heavy atom. The highest BCUT2D eigenvalue weighted by molar-refractivity contribution is 9.10. The van der Waals surface area contributed by atoms with Gasteiger partial charge < -0.3 is 0 Å². The summed E-state index contributed by atoms with van der Waals surface area (Å²) in [5.41, 5.74) is 3.45. The third-order valence-electron chi connectivity index (χ3n) is 3.25. The van der Waals surface area contributed by atoms with Crippen molar-refractivity contribution in [2.45, 2.75) is 25.7 Å². The van der Waals surface area contributed by atoms with Gasteiger partial charge in [-0.05, 0) is 60.4 Å². The smallest absolute Gasteiger partial charge is 0.128 e. The van der Waals surface area contributed by atoms with E-state index in [0.717, 1.165) is 28.4 Å². The lowest BCUT2D eigenvalue weighted by Crippen LogP contribution is -2.04. The van der Waals surface area contributed by atoms with Crippen molar-refractivity contribution in [2.75, 3.05) is 0 Å². The van der Waals surface area contributed by atoms with Gasteiger partial charge >= 0.3 is 0 Å². The topological polar surface area (TPSA) is 0 Å². The lowest BCUT2D eigenvalue weighted by molar-refractivity contribution is 0.606. The van der Waals surface area contributed by atoms with E-state index in [4.69, 9.17) is 0 Å². The van der Waals surface area contributed by atoms with Gasteiger partial charge in [0, 0.05) is 4.47 Å². The minimum atomic E-state index is -0.0503. The standard InChI is InChI=1S/C13H12BrF/c14-9-6-12-10(8-4-5-8)2-1-3-11(12)13(15)7-9/h2,6-8H,1,3-5H2. The zero-order valence-electron chi connectivity index (χ0n) is 8.39. The van der Waals surface area contributed by atoms with E-state index in [-0.39, 0.29) is 5.82 Å². The van der Waals surface area contributed by atoms with Crippen LogP contribution in [0.4, 0.5) is 4.39 Å². The molecule has 3 rings (SSSR count). The Morgan fingerprint density at radius 1 is 1.27 bits per heavy atom. The average Bonchev–Trinajstić information content (AvgIpc) is 3.00. The van der Waals surface area contributed by atoms with E-state index >= 15 is 0 Å². The molecule has 1 aromatic rings. The fourth-order valence-corrected chi connectivity index (χ4v) is 2.81. The predicted molar refractivity (Wildman–Crippen MR) is 63.1 cm³/mol. The van der Waals surface area contributed by atoms with Crippen LogP contribution in [0.25, 0.3) is 5.57 Å². The van der Waals surface area contributed by atoms with E-state index in [1.54, 1.807) is 6.07 Å². The summed E-state index contributed by atoms with van der Waals surface area (Å²) in [6, 6.07) is 3.65. The van der Waals surface area contributed by atoms with Gasteiger partial charge in [-0.1, -0.05) is 22.0 Å². The third kappa shape index (κ3) is 1.65. The van der Waals surface area contributed by atoms with Crippen LogP contribution in [0, 0.1) is 11.7 Å². The molecule has 0 bridgehead atoms. The largest absolute Gasteiger partial charge is 0.207 e. The van der Waals surface area contributed by atoms with Gasteiger partial charge in [0.25, 0.3) is 0 Å². The van der Waals surface area contributed by atoms with Gasteiger partial charge in [-0.25, -0.2) is 4.39 Å². The maximum absolute atomic E-state index is 13.7. The van der Waals surface area contributed by atoms with Crippen LogP contribution in [0.2, 0.25) is 0 Å². The van der Waals surface area contributed by atoms with E-state index in [9.17, 15) is 4.39 Å². The van der Waals surface area contributed by atoms with Gasteiger partial charge in [0.1, 0.15) is 5.82 Å². The summed E-state index contributed by atoms with van der Waals surface area (Å²) in [7, 11) is 0. The molecule has 0 saturated heterocycles. The molecule has 2 heteroatoms. The molecule has 15 heavy (non-hydrogen) atoms. The Kier molecular flexibility index (Phi) is 2.20. The first-order valence-electron chi connectivity index (χ1n) is 5.44. The maximum atomic E-state index is 13.7. The maximum Gasteiger partial charge on any atom is 0.128 e. The van der Waals surface area contributed by atoms with Crippen LogP contribution in [0.15, 0.2) is 22.7 Å². The van der Waals surface area contributed by atoms with Crippen molar-refractivity contribution in [3.05, 3.63) is 39.6 Å². The van der Waals surface area contributed by atoms with Crippen LogP contribution in [0.5, 0.6) is 0 Å². The van der Waals surface area contributed by atoms with Crippen LogP contribution in [0.3, 0.4) is 0 Å². The van der Waals surface area contributed by atoms with Gasteiger partial charge in [-0.15, -0.1) is 0 Å². The lowest BCUT2D eigenvalue weighted by atomic mass is 9.88. The summed E-state index contributed by atoms with van der Waals surface area (Å²) in [4.78, 5) is 0. The van der Waals surface area contributed by atoms with Crippen molar-refractivity contribution >= 4 is 21.5 Å². The summed E-state index contributed by atoms with van der Waals surface area (Å²) < 4.78 is 14.6. The van der Waals surface area contributed by atoms with E-state index < -0.39 is 0 Å². The molecule has 0 radical (unpaired) electrons. The zero-order valence-corrected chi connectivity index (χ0v) is 9.98. The van der Waals surface area contributed by atoms with E-state index in [0.29, 0.717) is 5.92 Å². The molecule has 2 aliphatic rings. The number of fused-ring (bicyclic) bond motifs is 1. The van der Waals surface area contributed by atoms with Gasteiger partial charge in [-0.2, -0.15) is 0 Å². The molecule has 0 aromatic heterocycles. The molecule has 1 aromatic carbocycles. The van der Waals surface area contributed by atoms with Crippen LogP contribution < -0.4 is 0 Å². The summed E-state index contributed by atoms with van der Waals surface area (Å²) in [6.45, 7) is 0. The Labute approximate surface area is 97.3 Å². The second-order valence-corrected chi connectivity index (χ2v) is 5.30. The molecule has 78 valence electrons. The Bertz CT molecular complexity index is 444. The number of halogens is 2. The van der Waals surface area contributed by atoms with Crippen molar-refractivity contribution in [3.63, 3.8) is 0 Å². The molecule has 2 aliphatic carbocycles. The first kappa shape index (κ1) is 9.59. The second kappa shape index (κ2) is 3.44. The van der Waals surface area contributed by atoms with E-state index in [1.807, 2.05) is 0 Å². The van der Waals surface area contributed by atoms with Gasteiger partial charge in [-0.3, -0.25) is 0 Å². The number of rotatable bonds is 1. The molecule has 0 aliphatic heterocycles. The normalized spacial score (nSPS) is 19.7. The first-order chi connectivity index (χ1) is 7.25. The van der Waals surface area contributed by atoms with Crippen LogP contribution in [0.1, 0.15) is 30.4 Å². The molecule has 0 unspecified atom stereocenters. The first-order valence-corrected chi connectivity index (χ1v) is 6.23. The summed E-state index contributed by atoms with van der Waals surface area (Å²) in [5.74, 6) is 0.656. The second-order valence-electron chi connectivity index (χ2n) is 4.39.